The fraction of sp³-hybridized carbons (Fsp3) is 0.300. The van der Waals surface area contributed by atoms with Gasteiger partial charge in [0.25, 0.3) is 5.56 Å². The highest BCUT2D eigenvalue weighted by atomic mass is 16.5. The molecule has 0 aliphatic heterocycles. The van der Waals surface area contributed by atoms with E-state index < -0.39 is 0 Å². The molecule has 1 amide bonds. The molecule has 28 heavy (non-hydrogen) atoms. The zero-order chi connectivity index (χ0) is 19.9. The van der Waals surface area contributed by atoms with Crippen molar-refractivity contribution < 1.29 is 14.3 Å². The number of anilines is 1. The monoisotopic (exact) mass is 382 g/mol. The number of pyridine rings is 1. The predicted octanol–water partition coefficient (Wildman–Crippen LogP) is 2.15. The summed E-state index contributed by atoms with van der Waals surface area (Å²) in [6.07, 6.45) is 3.15. The molecule has 1 N–H and O–H groups in total. The van der Waals surface area contributed by atoms with Crippen molar-refractivity contribution in [2.75, 3.05) is 25.6 Å². The van der Waals surface area contributed by atoms with E-state index in [1.165, 1.54) is 17.1 Å². The summed E-state index contributed by atoms with van der Waals surface area (Å²) in [6.45, 7) is 3.04. The lowest BCUT2D eigenvalue weighted by Gasteiger charge is -2.09. The van der Waals surface area contributed by atoms with Crippen LogP contribution in [0.25, 0.3) is 10.9 Å². The minimum absolute atomic E-state index is 0.144. The zero-order valence-electron chi connectivity index (χ0n) is 15.8. The molecular weight excluding hydrogens is 360 g/mol. The number of ether oxygens (including phenoxy) is 2. The maximum absolute atomic E-state index is 12.6. The summed E-state index contributed by atoms with van der Waals surface area (Å²) in [5, 5.41) is 3.31. The van der Waals surface area contributed by atoms with Gasteiger partial charge in [0.05, 0.1) is 35.7 Å². The highest BCUT2D eigenvalue weighted by Gasteiger charge is 2.08. The maximum Gasteiger partial charge on any atom is 0.261 e. The van der Waals surface area contributed by atoms with Crippen LogP contribution in [-0.2, 0) is 16.1 Å². The normalized spacial score (nSPS) is 10.8. The van der Waals surface area contributed by atoms with Gasteiger partial charge < -0.3 is 14.8 Å². The third-order valence-electron chi connectivity index (χ3n) is 4.19. The van der Waals surface area contributed by atoms with Crippen molar-refractivity contribution in [3.05, 3.63) is 58.8 Å². The van der Waals surface area contributed by atoms with E-state index in [9.17, 15) is 9.59 Å². The third kappa shape index (κ3) is 4.72. The molecule has 2 aromatic heterocycles. The topological polar surface area (TPSA) is 95.3 Å². The van der Waals surface area contributed by atoms with Gasteiger partial charge in [-0.25, -0.2) is 9.97 Å². The molecular formula is C20H22N4O4. The average molecular weight is 382 g/mol. The Morgan fingerprint density at radius 1 is 1.18 bits per heavy atom. The molecule has 0 aliphatic rings. The molecule has 0 atom stereocenters. The van der Waals surface area contributed by atoms with E-state index in [0.29, 0.717) is 35.7 Å². The number of amides is 1. The van der Waals surface area contributed by atoms with E-state index in [1.54, 1.807) is 25.3 Å². The molecule has 0 saturated carbocycles. The molecule has 3 aromatic rings. The van der Waals surface area contributed by atoms with Crippen LogP contribution in [0.15, 0.2) is 47.7 Å². The smallest absolute Gasteiger partial charge is 0.261 e. The minimum atomic E-state index is -0.217. The molecule has 1 aromatic carbocycles. The lowest BCUT2D eigenvalue weighted by atomic mass is 10.1. The van der Waals surface area contributed by atoms with Gasteiger partial charge in [0.2, 0.25) is 11.8 Å². The number of hydrogen-bond donors (Lipinski definition) is 1. The first-order valence-corrected chi connectivity index (χ1v) is 8.91. The van der Waals surface area contributed by atoms with Crippen molar-refractivity contribution in [1.82, 2.24) is 14.5 Å². The second kappa shape index (κ2) is 9.09. The summed E-state index contributed by atoms with van der Waals surface area (Å²) in [6, 6.07) is 8.86. The first kappa shape index (κ1) is 19.5. The minimum Gasteiger partial charge on any atom is -0.475 e. The van der Waals surface area contributed by atoms with Crippen molar-refractivity contribution in [2.24, 2.45) is 0 Å². The Bertz CT molecular complexity index is 1010. The van der Waals surface area contributed by atoms with Gasteiger partial charge in [0.15, 0.2) is 0 Å². The Morgan fingerprint density at radius 2 is 2.04 bits per heavy atom. The Hall–Kier alpha value is -3.26. The number of methoxy groups -OCH3 is 1. The summed E-state index contributed by atoms with van der Waals surface area (Å²) < 4.78 is 11.7. The Balaban J connectivity index is 1.58. The fourth-order valence-corrected chi connectivity index (χ4v) is 2.71. The number of fused-ring (bicyclic) bond motifs is 1. The number of rotatable bonds is 8. The second-order valence-corrected chi connectivity index (χ2v) is 6.24. The summed E-state index contributed by atoms with van der Waals surface area (Å²) >= 11 is 0. The molecule has 0 unspecified atom stereocenters. The van der Waals surface area contributed by atoms with Gasteiger partial charge in [-0.05, 0) is 24.6 Å². The Morgan fingerprint density at radius 3 is 2.79 bits per heavy atom. The molecule has 8 heteroatoms. The van der Waals surface area contributed by atoms with E-state index in [-0.39, 0.29) is 24.4 Å². The quantitative estimate of drug-likeness (QED) is 0.600. The lowest BCUT2D eigenvalue weighted by Crippen LogP contribution is -2.23. The first-order chi connectivity index (χ1) is 13.6. The van der Waals surface area contributed by atoms with Crippen LogP contribution in [0.1, 0.15) is 12.0 Å². The molecule has 0 fully saturated rings. The molecule has 0 aliphatic carbocycles. The van der Waals surface area contributed by atoms with Crippen molar-refractivity contribution in [3.8, 4) is 5.88 Å². The number of hydrogen-bond acceptors (Lipinski definition) is 6. The summed E-state index contributed by atoms with van der Waals surface area (Å²) in [7, 11) is 1.60. The molecule has 146 valence electrons. The standard InChI is InChI=1S/C20H22N4O4/c1-14-4-3-5-16-19(14)22-13-24(20(16)26)9-8-17(25)23-15-6-7-18(21-12-15)28-11-10-27-2/h3-7,12-13H,8-11H2,1-2H3,(H,23,25). The highest BCUT2D eigenvalue weighted by Crippen LogP contribution is 2.13. The van der Waals surface area contributed by atoms with Crippen LogP contribution in [-0.4, -0.2) is 40.8 Å². The molecule has 0 saturated heterocycles. The van der Waals surface area contributed by atoms with Gasteiger partial charge in [-0.3, -0.25) is 14.2 Å². The predicted molar refractivity (Wildman–Crippen MR) is 106 cm³/mol. The summed E-state index contributed by atoms with van der Waals surface area (Å²) in [4.78, 5) is 33.2. The number of para-hydroxylation sites is 1. The number of aromatic nitrogens is 3. The Kier molecular flexibility index (Phi) is 6.33. The van der Waals surface area contributed by atoms with Gasteiger partial charge in [-0.15, -0.1) is 0 Å². The average Bonchev–Trinajstić information content (AvgIpc) is 2.70. The lowest BCUT2D eigenvalue weighted by molar-refractivity contribution is -0.116. The van der Waals surface area contributed by atoms with Gasteiger partial charge >= 0.3 is 0 Å². The van der Waals surface area contributed by atoms with Crippen molar-refractivity contribution in [1.29, 1.82) is 0 Å². The van der Waals surface area contributed by atoms with Crippen LogP contribution in [0.3, 0.4) is 0 Å². The molecule has 0 bridgehead atoms. The van der Waals surface area contributed by atoms with E-state index in [0.717, 1.165) is 5.56 Å². The molecule has 0 spiro atoms. The van der Waals surface area contributed by atoms with Crippen molar-refractivity contribution in [2.45, 2.75) is 19.9 Å². The van der Waals surface area contributed by atoms with Crippen LogP contribution < -0.4 is 15.6 Å². The second-order valence-electron chi connectivity index (χ2n) is 6.24. The van der Waals surface area contributed by atoms with Gasteiger partial charge in [0, 0.05) is 26.1 Å². The Labute approximate surface area is 162 Å². The third-order valence-corrected chi connectivity index (χ3v) is 4.19. The molecule has 2 heterocycles. The SMILES string of the molecule is COCCOc1ccc(NC(=O)CCn2cnc3c(C)cccc3c2=O)cn1. The van der Waals surface area contributed by atoms with Crippen molar-refractivity contribution >= 4 is 22.5 Å². The number of benzene rings is 1. The van der Waals surface area contributed by atoms with Gasteiger partial charge in [-0.2, -0.15) is 0 Å². The number of carbonyl (C=O) groups is 1. The van der Waals surface area contributed by atoms with Crippen LogP contribution in [0, 0.1) is 6.92 Å². The van der Waals surface area contributed by atoms with Crippen LogP contribution in [0.4, 0.5) is 5.69 Å². The molecule has 8 nitrogen and oxygen atoms in total. The van der Waals surface area contributed by atoms with E-state index >= 15 is 0 Å². The largest absolute Gasteiger partial charge is 0.475 e. The number of nitrogens with one attached hydrogen (secondary N) is 1. The van der Waals surface area contributed by atoms with E-state index in [2.05, 4.69) is 15.3 Å². The van der Waals surface area contributed by atoms with E-state index in [4.69, 9.17) is 9.47 Å². The van der Waals surface area contributed by atoms with Crippen LogP contribution in [0.2, 0.25) is 0 Å². The van der Waals surface area contributed by atoms with Crippen LogP contribution in [0.5, 0.6) is 5.88 Å². The van der Waals surface area contributed by atoms with Crippen LogP contribution >= 0.6 is 0 Å². The molecule has 3 rings (SSSR count). The number of nitrogens with zero attached hydrogens (tertiary/aromatic N) is 3. The van der Waals surface area contributed by atoms with Gasteiger partial charge in [-0.1, -0.05) is 12.1 Å². The highest BCUT2D eigenvalue weighted by molar-refractivity contribution is 5.90. The van der Waals surface area contributed by atoms with Crippen molar-refractivity contribution in [3.63, 3.8) is 0 Å². The zero-order valence-corrected chi connectivity index (χ0v) is 15.8. The fourth-order valence-electron chi connectivity index (χ4n) is 2.71. The number of aryl methyl sites for hydroxylation is 2. The van der Waals surface area contributed by atoms with E-state index in [1.807, 2.05) is 19.1 Å². The molecule has 0 radical (unpaired) electrons. The van der Waals surface area contributed by atoms with Gasteiger partial charge in [0.1, 0.15) is 6.61 Å². The summed E-state index contributed by atoms with van der Waals surface area (Å²) in [5.74, 6) is 0.241. The maximum atomic E-state index is 12.6. The number of carbonyl (C=O) groups excluding carboxylic acids is 1. The first-order valence-electron chi connectivity index (χ1n) is 8.91. The summed E-state index contributed by atoms with van der Waals surface area (Å²) in [5.41, 5.74) is 2.04.